The molecule has 1 aliphatic carbocycles. The van der Waals surface area contributed by atoms with Crippen LogP contribution in [0.5, 0.6) is 0 Å². The number of nitrogens with one attached hydrogen (secondary N) is 1. The Morgan fingerprint density at radius 1 is 1.33 bits per heavy atom. The summed E-state index contributed by atoms with van der Waals surface area (Å²) < 4.78 is 0. The van der Waals surface area contributed by atoms with Crippen molar-refractivity contribution in [2.45, 2.75) is 58.4 Å². The number of aromatic nitrogens is 1. The lowest BCUT2D eigenvalue weighted by atomic mass is 9.86. The summed E-state index contributed by atoms with van der Waals surface area (Å²) in [6, 6.07) is 0.0872. The quantitative estimate of drug-likeness (QED) is 0.876. The fourth-order valence-corrected chi connectivity index (χ4v) is 3.79. The lowest BCUT2D eigenvalue weighted by molar-refractivity contribution is -0.142. The zero-order chi connectivity index (χ0) is 15.4. The zero-order valence-electron chi connectivity index (χ0n) is 12.5. The molecule has 1 heterocycles. The normalized spacial score (nSPS) is 22.0. The molecule has 2 N–H and O–H groups in total. The number of rotatable bonds is 5. The standard InChI is InChI=1S/C15H22N2O3S/c1-3-4-12-16-9(2)13(21-12)14(18)17-11-7-5-10(6-8-11)15(19)20/h10-11H,3-8H2,1-2H3,(H,17,18)(H,19,20). The Kier molecular flexibility index (Phi) is 5.33. The van der Waals surface area contributed by atoms with Crippen molar-refractivity contribution in [2.24, 2.45) is 5.92 Å². The van der Waals surface area contributed by atoms with Gasteiger partial charge in [0.1, 0.15) is 4.88 Å². The van der Waals surface area contributed by atoms with E-state index in [9.17, 15) is 9.59 Å². The van der Waals surface area contributed by atoms with E-state index in [1.807, 2.05) is 6.92 Å². The molecule has 5 nitrogen and oxygen atoms in total. The molecule has 1 amide bonds. The second-order valence-corrected chi connectivity index (χ2v) is 6.72. The van der Waals surface area contributed by atoms with Crippen LogP contribution in [0, 0.1) is 12.8 Å². The molecular formula is C15H22N2O3S. The fraction of sp³-hybridized carbons (Fsp3) is 0.667. The lowest BCUT2D eigenvalue weighted by Crippen LogP contribution is -2.38. The molecule has 0 radical (unpaired) electrons. The highest BCUT2D eigenvalue weighted by Gasteiger charge is 2.27. The Bertz CT molecular complexity index is 519. The van der Waals surface area contributed by atoms with Crippen molar-refractivity contribution >= 4 is 23.2 Å². The van der Waals surface area contributed by atoms with Crippen LogP contribution >= 0.6 is 11.3 Å². The second-order valence-electron chi connectivity index (χ2n) is 5.63. The Morgan fingerprint density at radius 2 is 2.00 bits per heavy atom. The first-order chi connectivity index (χ1) is 10.0. The molecule has 1 saturated carbocycles. The van der Waals surface area contributed by atoms with Crippen molar-refractivity contribution in [1.29, 1.82) is 0 Å². The van der Waals surface area contributed by atoms with Gasteiger partial charge in [0, 0.05) is 6.04 Å². The average Bonchev–Trinajstić information content (AvgIpc) is 2.81. The van der Waals surface area contributed by atoms with Crippen LogP contribution in [-0.2, 0) is 11.2 Å². The fourth-order valence-electron chi connectivity index (χ4n) is 2.72. The molecule has 2 rings (SSSR count). The van der Waals surface area contributed by atoms with Crippen LogP contribution in [0.25, 0.3) is 0 Å². The number of aliphatic carboxylic acids is 1. The summed E-state index contributed by atoms with van der Waals surface area (Å²) in [7, 11) is 0. The van der Waals surface area contributed by atoms with Crippen LogP contribution < -0.4 is 5.32 Å². The van der Waals surface area contributed by atoms with E-state index in [0.717, 1.165) is 36.4 Å². The van der Waals surface area contributed by atoms with Crippen LogP contribution in [-0.4, -0.2) is 28.0 Å². The molecule has 1 fully saturated rings. The predicted octanol–water partition coefficient (Wildman–Crippen LogP) is 2.78. The molecule has 0 aliphatic heterocycles. The van der Waals surface area contributed by atoms with Crippen molar-refractivity contribution in [3.05, 3.63) is 15.6 Å². The van der Waals surface area contributed by atoms with E-state index in [4.69, 9.17) is 5.11 Å². The minimum atomic E-state index is -0.720. The molecule has 1 aliphatic rings. The summed E-state index contributed by atoms with van der Waals surface area (Å²) >= 11 is 1.47. The SMILES string of the molecule is CCCc1nc(C)c(C(=O)NC2CCC(C(=O)O)CC2)s1. The highest BCUT2D eigenvalue weighted by atomic mass is 32.1. The van der Waals surface area contributed by atoms with Gasteiger partial charge < -0.3 is 10.4 Å². The van der Waals surface area contributed by atoms with Gasteiger partial charge in [-0.25, -0.2) is 4.98 Å². The summed E-state index contributed by atoms with van der Waals surface area (Å²) in [5.41, 5.74) is 0.792. The van der Waals surface area contributed by atoms with Crippen molar-refractivity contribution in [3.63, 3.8) is 0 Å². The van der Waals surface area contributed by atoms with Gasteiger partial charge in [-0.1, -0.05) is 6.92 Å². The number of carboxylic acid groups (broad SMARTS) is 1. The number of hydrogen-bond acceptors (Lipinski definition) is 4. The summed E-state index contributed by atoms with van der Waals surface area (Å²) in [5, 5.41) is 13.0. The van der Waals surface area contributed by atoms with E-state index < -0.39 is 5.97 Å². The minimum Gasteiger partial charge on any atom is -0.481 e. The van der Waals surface area contributed by atoms with Crippen LogP contribution in [0.2, 0.25) is 0 Å². The smallest absolute Gasteiger partial charge is 0.306 e. The third kappa shape index (κ3) is 4.03. The summed E-state index contributed by atoms with van der Waals surface area (Å²) in [5.74, 6) is -1.03. The zero-order valence-corrected chi connectivity index (χ0v) is 13.3. The van der Waals surface area contributed by atoms with Crippen molar-refractivity contribution in [2.75, 3.05) is 0 Å². The molecule has 1 aromatic rings. The summed E-state index contributed by atoms with van der Waals surface area (Å²) in [6.07, 6.45) is 4.69. The van der Waals surface area contributed by atoms with Gasteiger partial charge in [-0.05, 0) is 45.4 Å². The Labute approximate surface area is 128 Å². The molecule has 1 aromatic heterocycles. The molecule has 116 valence electrons. The van der Waals surface area contributed by atoms with Gasteiger partial charge in [0.15, 0.2) is 0 Å². The molecule has 0 bridgehead atoms. The lowest BCUT2D eigenvalue weighted by Gasteiger charge is -2.26. The van der Waals surface area contributed by atoms with Crippen molar-refractivity contribution in [1.82, 2.24) is 10.3 Å². The van der Waals surface area contributed by atoms with Gasteiger partial charge in [0.05, 0.1) is 16.6 Å². The number of aryl methyl sites for hydroxylation is 2. The third-order valence-electron chi connectivity index (χ3n) is 3.92. The Balaban J connectivity index is 1.91. The molecule has 6 heteroatoms. The number of carbonyl (C=O) groups is 2. The molecule has 0 aromatic carbocycles. The maximum absolute atomic E-state index is 12.3. The highest BCUT2D eigenvalue weighted by molar-refractivity contribution is 7.13. The monoisotopic (exact) mass is 310 g/mol. The molecule has 0 unspecified atom stereocenters. The number of hydrogen-bond donors (Lipinski definition) is 2. The average molecular weight is 310 g/mol. The van der Waals surface area contributed by atoms with Gasteiger partial charge in [-0.15, -0.1) is 11.3 Å². The predicted molar refractivity (Wildman–Crippen MR) is 81.7 cm³/mol. The summed E-state index contributed by atoms with van der Waals surface area (Å²) in [4.78, 5) is 28.4. The molecular weight excluding hydrogens is 288 g/mol. The highest BCUT2D eigenvalue weighted by Crippen LogP contribution is 2.25. The van der Waals surface area contributed by atoms with E-state index in [2.05, 4.69) is 17.2 Å². The first-order valence-electron chi connectivity index (χ1n) is 7.51. The first kappa shape index (κ1) is 15.9. The molecule has 0 atom stereocenters. The Hall–Kier alpha value is -1.43. The van der Waals surface area contributed by atoms with E-state index in [-0.39, 0.29) is 17.9 Å². The van der Waals surface area contributed by atoms with E-state index >= 15 is 0 Å². The number of amides is 1. The van der Waals surface area contributed by atoms with Crippen LogP contribution in [0.3, 0.4) is 0 Å². The second kappa shape index (κ2) is 7.02. The minimum absolute atomic E-state index is 0.0638. The number of carboxylic acids is 1. The van der Waals surface area contributed by atoms with Gasteiger partial charge in [-0.3, -0.25) is 9.59 Å². The van der Waals surface area contributed by atoms with Crippen LogP contribution in [0.15, 0.2) is 0 Å². The van der Waals surface area contributed by atoms with Gasteiger partial charge in [0.25, 0.3) is 5.91 Å². The van der Waals surface area contributed by atoms with Gasteiger partial charge >= 0.3 is 5.97 Å². The van der Waals surface area contributed by atoms with Crippen molar-refractivity contribution in [3.8, 4) is 0 Å². The number of nitrogens with zero attached hydrogens (tertiary/aromatic N) is 1. The van der Waals surface area contributed by atoms with Crippen LogP contribution in [0.4, 0.5) is 0 Å². The largest absolute Gasteiger partial charge is 0.481 e. The maximum atomic E-state index is 12.3. The summed E-state index contributed by atoms with van der Waals surface area (Å²) in [6.45, 7) is 3.96. The van der Waals surface area contributed by atoms with Crippen molar-refractivity contribution < 1.29 is 14.7 Å². The first-order valence-corrected chi connectivity index (χ1v) is 8.32. The van der Waals surface area contributed by atoms with E-state index in [1.165, 1.54) is 11.3 Å². The topological polar surface area (TPSA) is 79.3 Å². The third-order valence-corrected chi connectivity index (χ3v) is 5.14. The Morgan fingerprint density at radius 3 is 2.57 bits per heavy atom. The van der Waals surface area contributed by atoms with E-state index in [1.54, 1.807) is 0 Å². The van der Waals surface area contributed by atoms with Gasteiger partial charge in [-0.2, -0.15) is 0 Å². The van der Waals surface area contributed by atoms with Crippen LogP contribution in [0.1, 0.15) is 59.4 Å². The maximum Gasteiger partial charge on any atom is 0.306 e. The molecule has 0 spiro atoms. The molecule has 0 saturated heterocycles. The number of carbonyl (C=O) groups excluding carboxylic acids is 1. The van der Waals surface area contributed by atoms with E-state index in [0.29, 0.717) is 17.7 Å². The molecule has 21 heavy (non-hydrogen) atoms. The van der Waals surface area contributed by atoms with Gasteiger partial charge in [0.2, 0.25) is 0 Å². The number of thiazole rings is 1.